The maximum absolute atomic E-state index is 12.3. The number of hydrogen-bond acceptors (Lipinski definition) is 3. The first-order chi connectivity index (χ1) is 9.04. The number of ether oxygens (including phenoxy) is 1. The lowest BCUT2D eigenvalue weighted by molar-refractivity contribution is -0.0508. The zero-order chi connectivity index (χ0) is 13.8. The number of nitrogens with zero attached hydrogens (tertiary/aromatic N) is 1. The van der Waals surface area contributed by atoms with Crippen molar-refractivity contribution < 1.29 is 13.5 Å². The molecule has 0 bridgehead atoms. The molecule has 2 rings (SSSR count). The summed E-state index contributed by atoms with van der Waals surface area (Å²) in [4.78, 5) is 2.17. The quantitative estimate of drug-likeness (QED) is 0.922. The van der Waals surface area contributed by atoms with Crippen LogP contribution in [0.4, 0.5) is 8.78 Å². The van der Waals surface area contributed by atoms with Crippen molar-refractivity contribution in [2.24, 2.45) is 5.73 Å². The van der Waals surface area contributed by atoms with Gasteiger partial charge in [0.1, 0.15) is 5.75 Å². The summed E-state index contributed by atoms with van der Waals surface area (Å²) in [6, 6.07) is 4.95. The molecule has 0 saturated carbocycles. The third-order valence-corrected chi connectivity index (χ3v) is 3.50. The minimum Gasteiger partial charge on any atom is -0.434 e. The standard InChI is InChI=1S/C13H17ClF2N2O.ClH/c14-10-1-2-12(19-13(15)16)9(7-10)8-18-5-3-11(17)4-6-18;/h1-2,7,11,13H,3-6,8,17H2;1H. The van der Waals surface area contributed by atoms with Gasteiger partial charge in [0.15, 0.2) is 0 Å². The number of alkyl halides is 2. The summed E-state index contributed by atoms with van der Waals surface area (Å²) < 4.78 is 29.2. The number of benzene rings is 1. The van der Waals surface area contributed by atoms with Crippen LogP contribution in [0.25, 0.3) is 0 Å². The molecule has 0 unspecified atom stereocenters. The highest BCUT2D eigenvalue weighted by Crippen LogP contribution is 2.26. The van der Waals surface area contributed by atoms with Gasteiger partial charge in [-0.2, -0.15) is 8.78 Å². The molecule has 1 heterocycles. The first-order valence-corrected chi connectivity index (χ1v) is 6.63. The van der Waals surface area contributed by atoms with Crippen LogP contribution in [0.5, 0.6) is 5.75 Å². The van der Waals surface area contributed by atoms with Crippen LogP contribution >= 0.6 is 24.0 Å². The number of halogens is 4. The molecule has 1 saturated heterocycles. The van der Waals surface area contributed by atoms with Crippen LogP contribution in [0.3, 0.4) is 0 Å². The smallest absolute Gasteiger partial charge is 0.387 e. The highest BCUT2D eigenvalue weighted by Gasteiger charge is 2.18. The summed E-state index contributed by atoms with van der Waals surface area (Å²) in [5, 5.41) is 0.519. The molecule has 114 valence electrons. The predicted octanol–water partition coefficient (Wildman–Crippen LogP) is 3.29. The van der Waals surface area contributed by atoms with Crippen LogP contribution in [-0.4, -0.2) is 30.6 Å². The predicted molar refractivity (Wildman–Crippen MR) is 77.8 cm³/mol. The van der Waals surface area contributed by atoms with Gasteiger partial charge >= 0.3 is 6.61 Å². The van der Waals surface area contributed by atoms with Gasteiger partial charge in [-0.1, -0.05) is 11.6 Å². The van der Waals surface area contributed by atoms with Crippen molar-refractivity contribution in [2.75, 3.05) is 13.1 Å². The number of piperidine rings is 1. The van der Waals surface area contributed by atoms with Crippen molar-refractivity contribution in [1.82, 2.24) is 4.90 Å². The van der Waals surface area contributed by atoms with Gasteiger partial charge in [-0.25, -0.2) is 0 Å². The molecule has 0 spiro atoms. The largest absolute Gasteiger partial charge is 0.434 e. The van der Waals surface area contributed by atoms with Gasteiger partial charge in [0, 0.05) is 23.2 Å². The Labute approximate surface area is 128 Å². The van der Waals surface area contributed by atoms with E-state index in [1.807, 2.05) is 0 Å². The van der Waals surface area contributed by atoms with E-state index >= 15 is 0 Å². The van der Waals surface area contributed by atoms with Crippen molar-refractivity contribution >= 4 is 24.0 Å². The highest BCUT2D eigenvalue weighted by molar-refractivity contribution is 6.30. The van der Waals surface area contributed by atoms with E-state index in [0.717, 1.165) is 25.9 Å². The topological polar surface area (TPSA) is 38.5 Å². The Bertz CT molecular complexity index is 427. The Balaban J connectivity index is 0.00000200. The first-order valence-electron chi connectivity index (χ1n) is 6.26. The number of rotatable bonds is 4. The molecule has 1 aliphatic heterocycles. The monoisotopic (exact) mass is 326 g/mol. The van der Waals surface area contributed by atoms with Gasteiger partial charge in [0.2, 0.25) is 0 Å². The maximum atomic E-state index is 12.3. The van der Waals surface area contributed by atoms with E-state index in [2.05, 4.69) is 9.64 Å². The summed E-state index contributed by atoms with van der Waals surface area (Å²) in [5.41, 5.74) is 6.52. The second-order valence-electron chi connectivity index (χ2n) is 4.74. The normalized spacial score (nSPS) is 17.1. The highest BCUT2D eigenvalue weighted by atomic mass is 35.5. The van der Waals surface area contributed by atoms with E-state index in [-0.39, 0.29) is 24.2 Å². The Hall–Kier alpha value is -0.620. The van der Waals surface area contributed by atoms with Gasteiger partial charge in [-0.05, 0) is 44.1 Å². The molecule has 20 heavy (non-hydrogen) atoms. The van der Waals surface area contributed by atoms with E-state index in [9.17, 15) is 8.78 Å². The lowest BCUT2D eigenvalue weighted by Crippen LogP contribution is -2.39. The number of nitrogens with two attached hydrogens (primary N) is 1. The van der Waals surface area contributed by atoms with Crippen LogP contribution in [0.1, 0.15) is 18.4 Å². The van der Waals surface area contributed by atoms with Gasteiger partial charge in [0.05, 0.1) is 0 Å². The lowest BCUT2D eigenvalue weighted by atomic mass is 10.1. The average Bonchev–Trinajstić information content (AvgIpc) is 2.35. The molecule has 2 N–H and O–H groups in total. The Kier molecular flexibility index (Phi) is 6.95. The van der Waals surface area contributed by atoms with Crippen LogP contribution < -0.4 is 10.5 Å². The van der Waals surface area contributed by atoms with Gasteiger partial charge in [0.25, 0.3) is 0 Å². The fourth-order valence-electron chi connectivity index (χ4n) is 2.23. The maximum Gasteiger partial charge on any atom is 0.387 e. The molecular weight excluding hydrogens is 309 g/mol. The molecule has 7 heteroatoms. The van der Waals surface area contributed by atoms with Gasteiger partial charge in [-0.15, -0.1) is 12.4 Å². The van der Waals surface area contributed by atoms with Gasteiger partial charge < -0.3 is 10.5 Å². The molecule has 0 aliphatic carbocycles. The fourth-order valence-corrected chi connectivity index (χ4v) is 2.43. The van der Waals surface area contributed by atoms with E-state index < -0.39 is 6.61 Å². The molecule has 1 aromatic rings. The van der Waals surface area contributed by atoms with Crippen molar-refractivity contribution in [3.05, 3.63) is 28.8 Å². The van der Waals surface area contributed by atoms with Crippen molar-refractivity contribution in [1.29, 1.82) is 0 Å². The van der Waals surface area contributed by atoms with E-state index in [4.69, 9.17) is 17.3 Å². The van der Waals surface area contributed by atoms with Crippen molar-refractivity contribution in [3.8, 4) is 5.75 Å². The summed E-state index contributed by atoms with van der Waals surface area (Å²) in [6.45, 7) is -0.548. The third kappa shape index (κ3) is 5.05. The SMILES string of the molecule is Cl.NC1CCN(Cc2cc(Cl)ccc2OC(F)F)CC1. The minimum absolute atomic E-state index is 0. The summed E-state index contributed by atoms with van der Waals surface area (Å²) in [7, 11) is 0. The van der Waals surface area contributed by atoms with Crippen LogP contribution in [0.2, 0.25) is 5.02 Å². The summed E-state index contributed by atoms with van der Waals surface area (Å²) in [6.07, 6.45) is 1.84. The summed E-state index contributed by atoms with van der Waals surface area (Å²) in [5.74, 6) is 0.189. The zero-order valence-corrected chi connectivity index (χ0v) is 12.5. The zero-order valence-electron chi connectivity index (χ0n) is 10.9. The molecule has 1 fully saturated rings. The van der Waals surface area contributed by atoms with Crippen LogP contribution in [0.15, 0.2) is 18.2 Å². The Morgan fingerprint density at radius 2 is 2.00 bits per heavy atom. The molecular formula is C13H18Cl2F2N2O. The Morgan fingerprint density at radius 1 is 1.35 bits per heavy atom. The van der Waals surface area contributed by atoms with Crippen molar-refractivity contribution in [2.45, 2.75) is 32.0 Å². The van der Waals surface area contributed by atoms with Crippen LogP contribution in [-0.2, 0) is 6.54 Å². The third-order valence-electron chi connectivity index (χ3n) is 3.26. The average molecular weight is 327 g/mol. The second kappa shape index (κ2) is 7.98. The van der Waals surface area contributed by atoms with E-state index in [1.54, 1.807) is 12.1 Å². The van der Waals surface area contributed by atoms with E-state index in [0.29, 0.717) is 17.1 Å². The lowest BCUT2D eigenvalue weighted by Gasteiger charge is -2.30. The molecule has 1 aliphatic rings. The summed E-state index contributed by atoms with van der Waals surface area (Å²) >= 11 is 5.91. The first kappa shape index (κ1) is 17.4. The number of likely N-dealkylation sites (tertiary alicyclic amines) is 1. The number of hydrogen-bond donors (Lipinski definition) is 1. The molecule has 0 radical (unpaired) electrons. The van der Waals surface area contributed by atoms with Crippen molar-refractivity contribution in [3.63, 3.8) is 0 Å². The molecule has 0 atom stereocenters. The molecule has 3 nitrogen and oxygen atoms in total. The molecule has 0 aromatic heterocycles. The molecule has 1 aromatic carbocycles. The van der Waals surface area contributed by atoms with Gasteiger partial charge in [-0.3, -0.25) is 4.90 Å². The fraction of sp³-hybridized carbons (Fsp3) is 0.538. The Morgan fingerprint density at radius 3 is 2.60 bits per heavy atom. The minimum atomic E-state index is -2.82. The van der Waals surface area contributed by atoms with E-state index in [1.165, 1.54) is 6.07 Å². The van der Waals surface area contributed by atoms with Crippen LogP contribution in [0, 0.1) is 0 Å². The second-order valence-corrected chi connectivity index (χ2v) is 5.18. The molecule has 0 amide bonds.